The van der Waals surface area contributed by atoms with Gasteiger partial charge in [0.25, 0.3) is 0 Å². The number of aromatic nitrogens is 3. The second kappa shape index (κ2) is 7.34. The van der Waals surface area contributed by atoms with Gasteiger partial charge in [-0.15, -0.1) is 5.10 Å². The van der Waals surface area contributed by atoms with Crippen LogP contribution >= 0.6 is 11.8 Å². The van der Waals surface area contributed by atoms with E-state index in [-0.39, 0.29) is 17.7 Å². The minimum atomic E-state index is -0.410. The topological polar surface area (TPSA) is 89.0 Å². The highest BCUT2D eigenvalue weighted by Crippen LogP contribution is 2.18. The molecule has 8 heteroatoms. The molecule has 0 aliphatic carbocycles. The number of carbonyl (C=O) groups is 1. The highest BCUT2D eigenvalue weighted by Gasteiger charge is 2.20. The van der Waals surface area contributed by atoms with Crippen molar-refractivity contribution in [3.8, 4) is 0 Å². The number of aromatic amines is 1. The SMILES string of the molecule is CCNC(CSc1n[nH]c(=O)n1C(C)C)C(=O)OC. The summed E-state index contributed by atoms with van der Waals surface area (Å²) in [6, 6.07) is -0.392. The first-order valence-electron chi connectivity index (χ1n) is 6.12. The third-order valence-electron chi connectivity index (χ3n) is 2.50. The van der Waals surface area contributed by atoms with Gasteiger partial charge in [-0.1, -0.05) is 18.7 Å². The van der Waals surface area contributed by atoms with Crippen LogP contribution in [-0.2, 0) is 9.53 Å². The Morgan fingerprint density at radius 3 is 2.79 bits per heavy atom. The van der Waals surface area contributed by atoms with Crippen molar-refractivity contribution in [2.75, 3.05) is 19.4 Å². The van der Waals surface area contributed by atoms with E-state index in [4.69, 9.17) is 4.74 Å². The Hall–Kier alpha value is -1.28. The van der Waals surface area contributed by atoms with Gasteiger partial charge in [-0.2, -0.15) is 0 Å². The van der Waals surface area contributed by atoms with Crippen molar-refractivity contribution in [1.82, 2.24) is 20.1 Å². The van der Waals surface area contributed by atoms with Gasteiger partial charge in [0.15, 0.2) is 5.16 Å². The number of rotatable bonds is 7. The van der Waals surface area contributed by atoms with Gasteiger partial charge in [-0.25, -0.2) is 9.89 Å². The van der Waals surface area contributed by atoms with Crippen molar-refractivity contribution in [2.45, 2.75) is 38.0 Å². The van der Waals surface area contributed by atoms with E-state index in [0.29, 0.717) is 17.5 Å². The normalized spacial score (nSPS) is 12.7. The van der Waals surface area contributed by atoms with Crippen LogP contribution in [0.2, 0.25) is 0 Å². The number of likely N-dealkylation sites (N-methyl/N-ethyl adjacent to an activating group) is 1. The standard InChI is InChI=1S/C11H20N4O3S/c1-5-12-8(9(16)18-4)6-19-11-14-13-10(17)15(11)7(2)3/h7-8,12H,5-6H2,1-4H3,(H,13,17). The minimum absolute atomic E-state index is 0.0180. The molecule has 1 aromatic rings. The van der Waals surface area contributed by atoms with E-state index in [2.05, 4.69) is 15.5 Å². The second-order valence-electron chi connectivity index (χ2n) is 4.22. The second-order valence-corrected chi connectivity index (χ2v) is 5.21. The quantitative estimate of drug-likeness (QED) is 0.557. The maximum absolute atomic E-state index is 11.6. The van der Waals surface area contributed by atoms with Crippen LogP contribution < -0.4 is 11.0 Å². The van der Waals surface area contributed by atoms with Gasteiger partial charge in [0.05, 0.1) is 7.11 Å². The minimum Gasteiger partial charge on any atom is -0.468 e. The molecular formula is C11H20N4O3S. The summed E-state index contributed by atoms with van der Waals surface area (Å²) < 4.78 is 6.29. The number of hydrogen-bond donors (Lipinski definition) is 2. The monoisotopic (exact) mass is 288 g/mol. The molecule has 0 aromatic carbocycles. The van der Waals surface area contributed by atoms with Crippen molar-refractivity contribution in [3.05, 3.63) is 10.5 Å². The molecule has 19 heavy (non-hydrogen) atoms. The molecule has 0 aliphatic rings. The molecule has 1 aromatic heterocycles. The smallest absolute Gasteiger partial charge is 0.344 e. The number of H-pyrrole nitrogens is 1. The molecule has 0 radical (unpaired) electrons. The van der Waals surface area contributed by atoms with Gasteiger partial charge in [-0.05, 0) is 20.4 Å². The number of nitrogens with one attached hydrogen (secondary N) is 2. The highest BCUT2D eigenvalue weighted by molar-refractivity contribution is 7.99. The summed E-state index contributed by atoms with van der Waals surface area (Å²) in [6.45, 7) is 6.39. The zero-order valence-corrected chi connectivity index (χ0v) is 12.4. The fourth-order valence-corrected chi connectivity index (χ4v) is 2.72. The average Bonchev–Trinajstić information content (AvgIpc) is 2.74. The molecule has 7 nitrogen and oxygen atoms in total. The molecule has 108 valence electrons. The third kappa shape index (κ3) is 4.10. The molecule has 0 saturated heterocycles. The molecule has 1 heterocycles. The van der Waals surface area contributed by atoms with Gasteiger partial charge in [-0.3, -0.25) is 9.36 Å². The van der Waals surface area contributed by atoms with E-state index in [9.17, 15) is 9.59 Å². The first kappa shape index (κ1) is 15.8. The van der Waals surface area contributed by atoms with E-state index in [1.165, 1.54) is 18.9 Å². The van der Waals surface area contributed by atoms with Crippen molar-refractivity contribution in [2.24, 2.45) is 0 Å². The predicted octanol–water partition coefficient (Wildman–Crippen LogP) is 0.396. The molecule has 0 fully saturated rings. The van der Waals surface area contributed by atoms with Crippen LogP contribution in [0.5, 0.6) is 0 Å². The molecular weight excluding hydrogens is 268 g/mol. The molecule has 1 unspecified atom stereocenters. The van der Waals surface area contributed by atoms with Crippen molar-refractivity contribution >= 4 is 17.7 Å². The van der Waals surface area contributed by atoms with Crippen LogP contribution in [0.3, 0.4) is 0 Å². The molecule has 1 atom stereocenters. The van der Waals surface area contributed by atoms with Crippen LogP contribution in [-0.4, -0.2) is 46.2 Å². The zero-order chi connectivity index (χ0) is 14.4. The molecule has 0 amide bonds. The highest BCUT2D eigenvalue weighted by atomic mass is 32.2. The number of ether oxygens (including phenoxy) is 1. The lowest BCUT2D eigenvalue weighted by atomic mass is 10.3. The van der Waals surface area contributed by atoms with Crippen molar-refractivity contribution in [3.63, 3.8) is 0 Å². The predicted molar refractivity (Wildman–Crippen MR) is 73.4 cm³/mol. The van der Waals surface area contributed by atoms with Crippen LogP contribution in [0.25, 0.3) is 0 Å². The van der Waals surface area contributed by atoms with Crippen LogP contribution in [0, 0.1) is 0 Å². The fraction of sp³-hybridized carbons (Fsp3) is 0.727. The van der Waals surface area contributed by atoms with E-state index in [1.807, 2.05) is 20.8 Å². The summed E-state index contributed by atoms with van der Waals surface area (Å²) in [5.74, 6) is 0.140. The Morgan fingerprint density at radius 1 is 1.58 bits per heavy atom. The van der Waals surface area contributed by atoms with E-state index < -0.39 is 6.04 Å². The maximum Gasteiger partial charge on any atom is 0.344 e. The Morgan fingerprint density at radius 2 is 2.26 bits per heavy atom. The van der Waals surface area contributed by atoms with Gasteiger partial charge >= 0.3 is 11.7 Å². The molecule has 1 rings (SSSR count). The number of thioether (sulfide) groups is 1. The first-order chi connectivity index (χ1) is 9.01. The summed E-state index contributed by atoms with van der Waals surface area (Å²) in [5.41, 5.74) is -0.240. The first-order valence-corrected chi connectivity index (χ1v) is 7.10. The number of esters is 1. The Labute approximate surface area is 116 Å². The lowest BCUT2D eigenvalue weighted by molar-refractivity contribution is -0.142. The number of carbonyl (C=O) groups excluding carboxylic acids is 1. The Bertz CT molecular complexity index is 469. The van der Waals surface area contributed by atoms with Crippen LogP contribution in [0.1, 0.15) is 26.8 Å². The summed E-state index contributed by atoms with van der Waals surface area (Å²) >= 11 is 1.35. The molecule has 0 saturated carbocycles. The zero-order valence-electron chi connectivity index (χ0n) is 11.6. The summed E-state index contributed by atoms with van der Waals surface area (Å²) in [4.78, 5) is 23.1. The lowest BCUT2D eigenvalue weighted by Crippen LogP contribution is -2.39. The van der Waals surface area contributed by atoms with E-state index >= 15 is 0 Å². The lowest BCUT2D eigenvalue weighted by Gasteiger charge is -2.15. The summed E-state index contributed by atoms with van der Waals surface area (Å²) in [5, 5.41) is 9.99. The molecule has 0 bridgehead atoms. The Balaban J connectivity index is 2.74. The number of methoxy groups -OCH3 is 1. The number of nitrogens with zero attached hydrogens (tertiary/aromatic N) is 2. The maximum atomic E-state index is 11.6. The van der Waals surface area contributed by atoms with Crippen molar-refractivity contribution in [1.29, 1.82) is 0 Å². The van der Waals surface area contributed by atoms with E-state index in [1.54, 1.807) is 4.57 Å². The van der Waals surface area contributed by atoms with Crippen LogP contribution in [0.15, 0.2) is 9.95 Å². The van der Waals surface area contributed by atoms with Gasteiger partial charge in [0, 0.05) is 11.8 Å². The van der Waals surface area contributed by atoms with Gasteiger partial charge < -0.3 is 10.1 Å². The average molecular weight is 288 g/mol. The largest absolute Gasteiger partial charge is 0.468 e. The number of hydrogen-bond acceptors (Lipinski definition) is 6. The molecule has 2 N–H and O–H groups in total. The third-order valence-corrected chi connectivity index (χ3v) is 3.55. The van der Waals surface area contributed by atoms with Crippen LogP contribution in [0.4, 0.5) is 0 Å². The Kier molecular flexibility index (Phi) is 6.10. The van der Waals surface area contributed by atoms with Crippen molar-refractivity contribution < 1.29 is 9.53 Å². The van der Waals surface area contributed by atoms with E-state index in [0.717, 1.165) is 0 Å². The van der Waals surface area contributed by atoms with Gasteiger partial charge in [0.1, 0.15) is 6.04 Å². The summed E-state index contributed by atoms with van der Waals surface area (Å²) in [7, 11) is 1.36. The summed E-state index contributed by atoms with van der Waals surface area (Å²) in [6.07, 6.45) is 0. The molecule has 0 aliphatic heterocycles. The van der Waals surface area contributed by atoms with Gasteiger partial charge in [0.2, 0.25) is 0 Å². The molecule has 0 spiro atoms. The fourth-order valence-electron chi connectivity index (χ4n) is 1.60.